The molecular formula is C31H28N4O6. The number of hydrogen-bond acceptors (Lipinski definition) is 7. The van der Waals surface area contributed by atoms with Gasteiger partial charge in [-0.3, -0.25) is 14.5 Å². The summed E-state index contributed by atoms with van der Waals surface area (Å²) in [6.45, 7) is 3.00. The zero-order valence-electron chi connectivity index (χ0n) is 22.4. The second-order valence-corrected chi connectivity index (χ2v) is 9.77. The molecule has 0 unspecified atom stereocenters. The van der Waals surface area contributed by atoms with Gasteiger partial charge in [0.1, 0.15) is 11.6 Å². The number of benzene rings is 3. The Morgan fingerprint density at radius 1 is 0.878 bits per heavy atom. The number of carbonyl (C=O) groups is 3. The van der Waals surface area contributed by atoms with E-state index in [-0.39, 0.29) is 6.01 Å². The molecular weight excluding hydrogens is 524 g/mol. The number of ether oxygens (including phenoxy) is 1. The standard InChI is InChI=1S/C31H28N4O6/c1-19-17-20(2)33-30(32-19)41-27(29(39)40)31(22-13-7-4-8-14-22)23-15-9-10-16-24(23)34-25(36)18-35(31)26(28(37)38)21-11-5-3-6-12-21/h3-17,26-27H,18H2,1-2H3,(H,34,36)(H,37,38)(H,39,40)/t26-,27-,31+/m1/s1. The second kappa shape index (κ2) is 11.2. The molecule has 208 valence electrons. The number of amides is 1. The predicted octanol–water partition coefficient (Wildman–Crippen LogP) is 3.95. The van der Waals surface area contributed by atoms with Crippen LogP contribution in [0.15, 0.2) is 91.0 Å². The fourth-order valence-corrected chi connectivity index (χ4v) is 5.56. The van der Waals surface area contributed by atoms with Gasteiger partial charge in [-0.25, -0.2) is 14.8 Å². The molecule has 0 aliphatic carbocycles. The van der Waals surface area contributed by atoms with Crippen molar-refractivity contribution >= 4 is 23.5 Å². The number of nitrogens with one attached hydrogen (secondary N) is 1. The normalized spacial score (nSPS) is 18.3. The number of aromatic nitrogens is 2. The summed E-state index contributed by atoms with van der Waals surface area (Å²) in [6, 6.07) is 23.8. The van der Waals surface area contributed by atoms with Gasteiger partial charge < -0.3 is 20.3 Å². The summed E-state index contributed by atoms with van der Waals surface area (Å²) >= 11 is 0. The lowest BCUT2D eigenvalue weighted by molar-refractivity contribution is -0.161. The number of aliphatic carboxylic acids is 2. The van der Waals surface area contributed by atoms with E-state index in [1.54, 1.807) is 105 Å². The number of fused-ring (bicyclic) bond motifs is 1. The number of carbonyl (C=O) groups excluding carboxylic acids is 1. The van der Waals surface area contributed by atoms with Gasteiger partial charge in [0.25, 0.3) is 0 Å². The second-order valence-electron chi connectivity index (χ2n) is 9.77. The molecule has 3 atom stereocenters. The van der Waals surface area contributed by atoms with Gasteiger partial charge in [0.05, 0.1) is 6.54 Å². The van der Waals surface area contributed by atoms with Crippen molar-refractivity contribution in [2.75, 3.05) is 11.9 Å². The van der Waals surface area contributed by atoms with Crippen LogP contribution in [0, 0.1) is 13.8 Å². The molecule has 3 N–H and O–H groups in total. The van der Waals surface area contributed by atoms with E-state index in [9.17, 15) is 24.6 Å². The van der Waals surface area contributed by atoms with E-state index in [1.165, 1.54) is 4.90 Å². The Morgan fingerprint density at radius 2 is 1.46 bits per heavy atom. The maximum absolute atomic E-state index is 13.4. The molecule has 2 heterocycles. The van der Waals surface area contributed by atoms with Crippen molar-refractivity contribution in [3.63, 3.8) is 0 Å². The average Bonchev–Trinajstić information content (AvgIpc) is 3.06. The highest BCUT2D eigenvalue weighted by atomic mass is 16.5. The van der Waals surface area contributed by atoms with Crippen molar-refractivity contribution in [3.05, 3.63) is 119 Å². The van der Waals surface area contributed by atoms with Crippen LogP contribution in [0.1, 0.15) is 34.1 Å². The molecule has 0 fully saturated rings. The van der Waals surface area contributed by atoms with Gasteiger partial charge in [-0.05, 0) is 37.1 Å². The fraction of sp³-hybridized carbons (Fsp3) is 0.194. The summed E-state index contributed by atoms with van der Waals surface area (Å²) in [6.07, 6.45) is -1.80. The molecule has 10 heteroatoms. The minimum absolute atomic E-state index is 0.183. The maximum Gasteiger partial charge on any atom is 0.347 e. The first-order valence-electron chi connectivity index (χ1n) is 12.9. The highest BCUT2D eigenvalue weighted by Gasteiger charge is 2.58. The van der Waals surface area contributed by atoms with E-state index >= 15 is 0 Å². The molecule has 0 saturated heterocycles. The van der Waals surface area contributed by atoms with Gasteiger partial charge in [0.15, 0.2) is 0 Å². The Hall–Kier alpha value is -5.09. The Balaban J connectivity index is 1.90. The highest BCUT2D eigenvalue weighted by molar-refractivity contribution is 5.96. The van der Waals surface area contributed by atoms with Crippen molar-refractivity contribution < 1.29 is 29.3 Å². The Labute approximate surface area is 236 Å². The summed E-state index contributed by atoms with van der Waals surface area (Å²) in [7, 11) is 0. The Morgan fingerprint density at radius 3 is 2.07 bits per heavy atom. The first-order chi connectivity index (χ1) is 19.7. The molecule has 0 bridgehead atoms. The van der Waals surface area contributed by atoms with Crippen LogP contribution in [0.3, 0.4) is 0 Å². The van der Waals surface area contributed by atoms with Crippen LogP contribution in [0.25, 0.3) is 0 Å². The number of carboxylic acids is 2. The number of carboxylic acid groups (broad SMARTS) is 2. The van der Waals surface area contributed by atoms with Crippen LogP contribution in [0.5, 0.6) is 6.01 Å². The fourth-order valence-electron chi connectivity index (χ4n) is 5.56. The van der Waals surface area contributed by atoms with Crippen molar-refractivity contribution in [3.8, 4) is 6.01 Å². The Kier molecular flexibility index (Phi) is 7.50. The summed E-state index contributed by atoms with van der Waals surface area (Å²) in [5.41, 5.74) is 0.708. The third kappa shape index (κ3) is 5.12. The zero-order chi connectivity index (χ0) is 29.1. The van der Waals surface area contributed by atoms with E-state index in [2.05, 4.69) is 15.3 Å². The van der Waals surface area contributed by atoms with Crippen LogP contribution in [0.2, 0.25) is 0 Å². The lowest BCUT2D eigenvalue weighted by atomic mass is 9.74. The first-order valence-corrected chi connectivity index (χ1v) is 12.9. The molecule has 1 aromatic heterocycles. The molecule has 1 amide bonds. The van der Waals surface area contributed by atoms with Crippen LogP contribution in [0.4, 0.5) is 5.69 Å². The van der Waals surface area contributed by atoms with Crippen molar-refractivity contribution in [1.29, 1.82) is 0 Å². The lowest BCUT2D eigenvalue weighted by Gasteiger charge is -2.48. The molecule has 1 aliphatic heterocycles. The van der Waals surface area contributed by atoms with E-state index in [0.717, 1.165) is 0 Å². The third-order valence-corrected chi connectivity index (χ3v) is 7.04. The van der Waals surface area contributed by atoms with Gasteiger partial charge in [0, 0.05) is 22.6 Å². The summed E-state index contributed by atoms with van der Waals surface area (Å²) in [5.74, 6) is -3.18. The number of anilines is 1. The SMILES string of the molecule is Cc1cc(C)nc(O[C@H](C(=O)O)[C@]2(c3ccccc3)c3ccccc3NC(=O)CN2[C@@H](C(=O)O)c2ccccc2)n1. The maximum atomic E-state index is 13.4. The number of aryl methyl sites for hydroxylation is 2. The smallest absolute Gasteiger partial charge is 0.347 e. The largest absolute Gasteiger partial charge is 0.480 e. The van der Waals surface area contributed by atoms with Crippen molar-refractivity contribution in [2.24, 2.45) is 0 Å². The highest BCUT2D eigenvalue weighted by Crippen LogP contribution is 2.48. The summed E-state index contributed by atoms with van der Waals surface area (Å²) < 4.78 is 6.18. The topological polar surface area (TPSA) is 142 Å². The predicted molar refractivity (Wildman–Crippen MR) is 149 cm³/mol. The van der Waals surface area contributed by atoms with Crippen molar-refractivity contribution in [1.82, 2.24) is 14.9 Å². The summed E-state index contributed by atoms with van der Waals surface area (Å²) in [5, 5.41) is 24.4. The molecule has 3 aromatic carbocycles. The molecule has 41 heavy (non-hydrogen) atoms. The van der Waals surface area contributed by atoms with E-state index in [0.29, 0.717) is 33.8 Å². The number of hydrogen-bond donors (Lipinski definition) is 3. The summed E-state index contributed by atoms with van der Waals surface area (Å²) in [4.78, 5) is 49.9. The quantitative estimate of drug-likeness (QED) is 0.296. The van der Waals surface area contributed by atoms with Crippen molar-refractivity contribution in [2.45, 2.75) is 31.5 Å². The number of nitrogens with zero attached hydrogens (tertiary/aromatic N) is 3. The molecule has 5 rings (SSSR count). The van der Waals surface area contributed by atoms with Crippen LogP contribution < -0.4 is 10.1 Å². The van der Waals surface area contributed by atoms with Crippen LogP contribution >= 0.6 is 0 Å². The molecule has 10 nitrogen and oxygen atoms in total. The van der Waals surface area contributed by atoms with Gasteiger partial charge in [-0.2, -0.15) is 0 Å². The van der Waals surface area contributed by atoms with Gasteiger partial charge in [0.2, 0.25) is 12.0 Å². The van der Waals surface area contributed by atoms with Crippen LogP contribution in [-0.4, -0.2) is 55.6 Å². The van der Waals surface area contributed by atoms with Gasteiger partial charge in [-0.15, -0.1) is 0 Å². The van der Waals surface area contributed by atoms with E-state index in [1.807, 2.05) is 0 Å². The monoisotopic (exact) mass is 552 g/mol. The molecule has 1 aliphatic rings. The Bertz CT molecular complexity index is 1570. The number of para-hydroxylation sites is 1. The minimum atomic E-state index is -1.86. The molecule has 4 aromatic rings. The zero-order valence-corrected chi connectivity index (χ0v) is 22.4. The number of rotatable bonds is 8. The van der Waals surface area contributed by atoms with Crippen LogP contribution in [-0.2, 0) is 19.9 Å². The third-order valence-electron chi connectivity index (χ3n) is 7.04. The lowest BCUT2D eigenvalue weighted by Crippen LogP contribution is -2.62. The van der Waals surface area contributed by atoms with Gasteiger partial charge in [-0.1, -0.05) is 78.9 Å². The van der Waals surface area contributed by atoms with E-state index in [4.69, 9.17) is 4.74 Å². The molecule has 0 saturated carbocycles. The average molecular weight is 553 g/mol. The minimum Gasteiger partial charge on any atom is -0.480 e. The molecule has 0 radical (unpaired) electrons. The van der Waals surface area contributed by atoms with Gasteiger partial charge >= 0.3 is 17.9 Å². The first kappa shape index (κ1) is 27.5. The molecule has 0 spiro atoms. The van der Waals surface area contributed by atoms with E-state index < -0.39 is 42.1 Å².